The van der Waals surface area contributed by atoms with E-state index >= 15 is 0 Å². The van der Waals surface area contributed by atoms with Crippen molar-refractivity contribution in [1.29, 1.82) is 0 Å². The van der Waals surface area contributed by atoms with Gasteiger partial charge in [0.1, 0.15) is 5.84 Å². The SMILES string of the molecule is CCC(C/C(N)=N/O)N(C)Cc1ccc(Cl)s1. The second kappa shape index (κ2) is 6.83. The molecular weight excluding hydrogens is 258 g/mol. The summed E-state index contributed by atoms with van der Waals surface area (Å²) in [5.74, 6) is 0.271. The molecule has 4 nitrogen and oxygen atoms in total. The Morgan fingerprint density at radius 1 is 1.65 bits per heavy atom. The zero-order chi connectivity index (χ0) is 12.8. The predicted molar refractivity (Wildman–Crippen MR) is 72.9 cm³/mol. The molecule has 0 saturated heterocycles. The molecule has 0 bridgehead atoms. The van der Waals surface area contributed by atoms with Crippen molar-refractivity contribution in [2.45, 2.75) is 32.4 Å². The molecule has 0 aliphatic heterocycles. The maximum atomic E-state index is 8.58. The van der Waals surface area contributed by atoms with E-state index in [1.807, 2.05) is 19.2 Å². The number of oxime groups is 1. The number of hydrogen-bond acceptors (Lipinski definition) is 4. The molecular formula is C11H18ClN3OS. The zero-order valence-electron chi connectivity index (χ0n) is 10.1. The molecule has 0 spiro atoms. The third kappa shape index (κ3) is 4.53. The lowest BCUT2D eigenvalue weighted by molar-refractivity contribution is 0.231. The summed E-state index contributed by atoms with van der Waals surface area (Å²) >= 11 is 7.47. The number of nitrogens with two attached hydrogens (primary N) is 1. The third-order valence-electron chi connectivity index (χ3n) is 2.70. The zero-order valence-corrected chi connectivity index (χ0v) is 11.6. The molecule has 1 aromatic heterocycles. The van der Waals surface area contributed by atoms with Gasteiger partial charge in [-0.1, -0.05) is 23.7 Å². The molecule has 0 fully saturated rings. The molecule has 17 heavy (non-hydrogen) atoms. The van der Waals surface area contributed by atoms with Gasteiger partial charge in [-0.3, -0.25) is 4.90 Å². The quantitative estimate of drug-likeness (QED) is 0.363. The summed E-state index contributed by atoms with van der Waals surface area (Å²) in [6, 6.07) is 4.20. The van der Waals surface area contributed by atoms with Crippen molar-refractivity contribution in [3.8, 4) is 0 Å². The van der Waals surface area contributed by atoms with Crippen LogP contribution < -0.4 is 5.73 Å². The van der Waals surface area contributed by atoms with Crippen LogP contribution in [0, 0.1) is 0 Å². The van der Waals surface area contributed by atoms with E-state index < -0.39 is 0 Å². The Morgan fingerprint density at radius 2 is 2.35 bits per heavy atom. The fourth-order valence-corrected chi connectivity index (χ4v) is 2.86. The van der Waals surface area contributed by atoms with Gasteiger partial charge in [-0.15, -0.1) is 11.3 Å². The minimum Gasteiger partial charge on any atom is -0.409 e. The van der Waals surface area contributed by atoms with Crippen LogP contribution in [0.5, 0.6) is 0 Å². The Balaban J connectivity index is 2.57. The Labute approximate surface area is 111 Å². The standard InChI is InChI=1S/C11H18ClN3OS/c1-3-8(6-11(13)14-16)15(2)7-9-4-5-10(12)17-9/h4-5,8,16H,3,6-7H2,1-2H3,(H2,13,14). The number of halogens is 1. The number of amidine groups is 1. The highest BCUT2D eigenvalue weighted by atomic mass is 35.5. The van der Waals surface area contributed by atoms with E-state index in [0.717, 1.165) is 17.3 Å². The van der Waals surface area contributed by atoms with Crippen LogP contribution in [0.1, 0.15) is 24.6 Å². The van der Waals surface area contributed by atoms with Crippen LogP contribution in [-0.2, 0) is 6.54 Å². The molecule has 1 heterocycles. The molecule has 0 amide bonds. The van der Waals surface area contributed by atoms with Gasteiger partial charge in [0, 0.05) is 23.9 Å². The van der Waals surface area contributed by atoms with Crippen LogP contribution in [0.2, 0.25) is 4.34 Å². The van der Waals surface area contributed by atoms with E-state index in [1.54, 1.807) is 11.3 Å². The van der Waals surface area contributed by atoms with Gasteiger partial charge in [0.2, 0.25) is 0 Å². The number of hydrogen-bond donors (Lipinski definition) is 2. The van der Waals surface area contributed by atoms with Gasteiger partial charge >= 0.3 is 0 Å². The predicted octanol–water partition coefficient (Wildman–Crippen LogP) is 2.75. The maximum absolute atomic E-state index is 8.58. The van der Waals surface area contributed by atoms with Crippen LogP contribution in [0.25, 0.3) is 0 Å². The lowest BCUT2D eigenvalue weighted by Gasteiger charge is -2.26. The van der Waals surface area contributed by atoms with E-state index in [0.29, 0.717) is 6.42 Å². The Kier molecular flexibility index (Phi) is 5.74. The molecule has 1 rings (SSSR count). The fraction of sp³-hybridized carbons (Fsp3) is 0.545. The van der Waals surface area contributed by atoms with Gasteiger partial charge in [-0.25, -0.2) is 0 Å². The van der Waals surface area contributed by atoms with Gasteiger partial charge < -0.3 is 10.9 Å². The molecule has 3 N–H and O–H groups in total. The van der Waals surface area contributed by atoms with Crippen LogP contribution in [0.3, 0.4) is 0 Å². The van der Waals surface area contributed by atoms with Gasteiger partial charge in [0.25, 0.3) is 0 Å². The van der Waals surface area contributed by atoms with Gasteiger partial charge in [0.05, 0.1) is 4.34 Å². The van der Waals surface area contributed by atoms with Crippen LogP contribution in [0.15, 0.2) is 17.3 Å². The van der Waals surface area contributed by atoms with Gasteiger partial charge in [-0.05, 0) is 25.6 Å². The number of nitrogens with zero attached hydrogens (tertiary/aromatic N) is 2. The van der Waals surface area contributed by atoms with Crippen molar-refractivity contribution < 1.29 is 5.21 Å². The summed E-state index contributed by atoms with van der Waals surface area (Å²) in [5, 5.41) is 11.6. The first-order valence-corrected chi connectivity index (χ1v) is 6.67. The fourth-order valence-electron chi connectivity index (χ4n) is 1.71. The summed E-state index contributed by atoms with van der Waals surface area (Å²) in [4.78, 5) is 3.41. The molecule has 6 heteroatoms. The van der Waals surface area contributed by atoms with Crippen LogP contribution in [0.4, 0.5) is 0 Å². The van der Waals surface area contributed by atoms with E-state index in [-0.39, 0.29) is 11.9 Å². The first kappa shape index (κ1) is 14.3. The summed E-state index contributed by atoms with van der Waals surface area (Å²) in [6.07, 6.45) is 1.52. The van der Waals surface area contributed by atoms with Crippen molar-refractivity contribution >= 4 is 28.8 Å². The highest BCUT2D eigenvalue weighted by Crippen LogP contribution is 2.23. The molecule has 96 valence electrons. The van der Waals surface area contributed by atoms with Gasteiger partial charge in [-0.2, -0.15) is 0 Å². The third-order valence-corrected chi connectivity index (χ3v) is 3.92. The Morgan fingerprint density at radius 3 is 2.82 bits per heavy atom. The van der Waals surface area contributed by atoms with Crippen molar-refractivity contribution in [2.24, 2.45) is 10.9 Å². The minimum absolute atomic E-state index is 0.270. The van der Waals surface area contributed by atoms with E-state index in [2.05, 4.69) is 17.0 Å². The second-order valence-electron chi connectivity index (χ2n) is 3.98. The smallest absolute Gasteiger partial charge is 0.140 e. The Bertz CT molecular complexity index is 381. The second-order valence-corrected chi connectivity index (χ2v) is 5.78. The maximum Gasteiger partial charge on any atom is 0.140 e. The minimum atomic E-state index is 0.270. The number of thiophene rings is 1. The average molecular weight is 276 g/mol. The van der Waals surface area contributed by atoms with Crippen molar-refractivity contribution in [2.75, 3.05) is 7.05 Å². The van der Waals surface area contributed by atoms with E-state index in [1.165, 1.54) is 4.88 Å². The van der Waals surface area contributed by atoms with Crippen LogP contribution >= 0.6 is 22.9 Å². The molecule has 1 aromatic rings. The summed E-state index contributed by atoms with van der Waals surface area (Å²) in [5.41, 5.74) is 5.54. The lowest BCUT2D eigenvalue weighted by atomic mass is 10.1. The highest BCUT2D eigenvalue weighted by molar-refractivity contribution is 7.16. The molecule has 0 aliphatic rings. The monoisotopic (exact) mass is 275 g/mol. The van der Waals surface area contributed by atoms with Crippen molar-refractivity contribution in [3.63, 3.8) is 0 Å². The molecule has 0 aromatic carbocycles. The molecule has 1 unspecified atom stereocenters. The van der Waals surface area contributed by atoms with Crippen molar-refractivity contribution in [3.05, 3.63) is 21.3 Å². The normalized spacial score (nSPS) is 14.2. The molecule has 1 atom stereocenters. The summed E-state index contributed by atoms with van der Waals surface area (Å²) < 4.78 is 0.804. The van der Waals surface area contributed by atoms with E-state index in [4.69, 9.17) is 22.5 Å². The lowest BCUT2D eigenvalue weighted by Crippen LogP contribution is -2.34. The average Bonchev–Trinajstić information content (AvgIpc) is 2.70. The molecule has 0 saturated carbocycles. The van der Waals surface area contributed by atoms with Crippen LogP contribution in [-0.4, -0.2) is 29.0 Å². The molecule has 0 aliphatic carbocycles. The van der Waals surface area contributed by atoms with E-state index in [9.17, 15) is 0 Å². The number of rotatable bonds is 6. The topological polar surface area (TPSA) is 61.9 Å². The first-order chi connectivity index (χ1) is 8.06. The van der Waals surface area contributed by atoms with Gasteiger partial charge in [0.15, 0.2) is 0 Å². The Hall–Kier alpha value is -0.780. The van der Waals surface area contributed by atoms with Crippen molar-refractivity contribution in [1.82, 2.24) is 4.90 Å². The molecule has 0 radical (unpaired) electrons. The highest BCUT2D eigenvalue weighted by Gasteiger charge is 2.15. The summed E-state index contributed by atoms with van der Waals surface area (Å²) in [7, 11) is 2.03. The summed E-state index contributed by atoms with van der Waals surface area (Å²) in [6.45, 7) is 2.92. The largest absolute Gasteiger partial charge is 0.409 e. The first-order valence-electron chi connectivity index (χ1n) is 5.47.